The Hall–Kier alpha value is -2.61. The van der Waals surface area contributed by atoms with Gasteiger partial charge >= 0.3 is 0 Å². The third-order valence-electron chi connectivity index (χ3n) is 5.55. The molecule has 3 rings (SSSR count). The first kappa shape index (κ1) is 21.1. The Morgan fingerprint density at radius 2 is 2.03 bits per heavy atom. The molecule has 0 saturated heterocycles. The lowest BCUT2D eigenvalue weighted by atomic mass is 10.1. The molecular formula is C21H31N5O3. The lowest BCUT2D eigenvalue weighted by Crippen LogP contribution is -2.30. The molecule has 29 heavy (non-hydrogen) atoms. The summed E-state index contributed by atoms with van der Waals surface area (Å²) in [6.07, 6.45) is 1.64. The fourth-order valence-electron chi connectivity index (χ4n) is 3.56. The summed E-state index contributed by atoms with van der Waals surface area (Å²) in [6.45, 7) is 7.70. The van der Waals surface area contributed by atoms with Crippen LogP contribution in [0.4, 0.5) is 0 Å². The highest BCUT2D eigenvalue weighted by Crippen LogP contribution is 2.31. The van der Waals surface area contributed by atoms with E-state index in [-0.39, 0.29) is 11.8 Å². The second-order valence-electron chi connectivity index (χ2n) is 7.39. The van der Waals surface area contributed by atoms with Gasteiger partial charge in [0.2, 0.25) is 5.91 Å². The predicted molar refractivity (Wildman–Crippen MR) is 110 cm³/mol. The van der Waals surface area contributed by atoms with Crippen molar-refractivity contribution >= 4 is 5.91 Å². The van der Waals surface area contributed by atoms with E-state index in [1.165, 1.54) is 0 Å². The highest BCUT2D eigenvalue weighted by Gasteiger charge is 2.21. The minimum atomic E-state index is 0.00913. The number of amides is 1. The summed E-state index contributed by atoms with van der Waals surface area (Å²) in [5.41, 5.74) is 1.10. The molecule has 0 spiro atoms. The van der Waals surface area contributed by atoms with Gasteiger partial charge in [0.05, 0.1) is 20.8 Å². The van der Waals surface area contributed by atoms with Gasteiger partial charge in [-0.1, -0.05) is 26.0 Å². The highest BCUT2D eigenvalue weighted by molar-refractivity contribution is 5.78. The van der Waals surface area contributed by atoms with Gasteiger partial charge in [-0.2, -0.15) is 0 Å². The SMILES string of the molecule is CCC(C)C(=O)NCc1nnc2n1CCN(Cc1cccc(OC)c1OC)CC2. The van der Waals surface area contributed by atoms with Gasteiger partial charge in [0, 0.05) is 44.1 Å². The van der Waals surface area contributed by atoms with Crippen LogP contribution in [0.15, 0.2) is 18.2 Å². The highest BCUT2D eigenvalue weighted by atomic mass is 16.5. The molecule has 1 amide bonds. The van der Waals surface area contributed by atoms with Crippen molar-refractivity contribution in [3.63, 3.8) is 0 Å². The summed E-state index contributed by atoms with van der Waals surface area (Å²) in [5.74, 6) is 3.39. The van der Waals surface area contributed by atoms with Crippen LogP contribution >= 0.6 is 0 Å². The maximum absolute atomic E-state index is 12.1. The molecule has 8 nitrogen and oxygen atoms in total. The van der Waals surface area contributed by atoms with Gasteiger partial charge < -0.3 is 19.4 Å². The van der Waals surface area contributed by atoms with E-state index < -0.39 is 0 Å². The van der Waals surface area contributed by atoms with Crippen LogP contribution in [0.5, 0.6) is 11.5 Å². The maximum atomic E-state index is 12.1. The molecule has 158 valence electrons. The normalized spacial score (nSPS) is 15.3. The van der Waals surface area contributed by atoms with Crippen LogP contribution in [0.25, 0.3) is 0 Å². The van der Waals surface area contributed by atoms with Gasteiger partial charge in [-0.3, -0.25) is 9.69 Å². The zero-order valence-corrected chi connectivity index (χ0v) is 17.8. The number of hydrogen-bond acceptors (Lipinski definition) is 6. The number of fused-ring (bicyclic) bond motifs is 1. The summed E-state index contributed by atoms with van der Waals surface area (Å²) in [5, 5.41) is 11.6. The fourth-order valence-corrected chi connectivity index (χ4v) is 3.56. The molecule has 0 fully saturated rings. The van der Waals surface area contributed by atoms with E-state index in [1.54, 1.807) is 14.2 Å². The molecule has 0 bridgehead atoms. The van der Waals surface area contributed by atoms with Gasteiger partial charge in [0.25, 0.3) is 0 Å². The van der Waals surface area contributed by atoms with Crippen molar-refractivity contribution in [3.05, 3.63) is 35.4 Å². The van der Waals surface area contributed by atoms with Crippen LogP contribution in [-0.2, 0) is 30.8 Å². The maximum Gasteiger partial charge on any atom is 0.223 e. The van der Waals surface area contributed by atoms with E-state index in [4.69, 9.17) is 9.47 Å². The minimum absolute atomic E-state index is 0.00913. The number of rotatable bonds is 8. The quantitative estimate of drug-likeness (QED) is 0.729. The average molecular weight is 402 g/mol. The van der Waals surface area contributed by atoms with Crippen molar-refractivity contribution in [2.45, 2.75) is 46.3 Å². The van der Waals surface area contributed by atoms with E-state index in [0.717, 1.165) is 67.7 Å². The molecule has 1 N–H and O–H groups in total. The Kier molecular flexibility index (Phi) is 7.09. The van der Waals surface area contributed by atoms with E-state index >= 15 is 0 Å². The molecule has 1 aliphatic rings. The molecule has 0 radical (unpaired) electrons. The van der Waals surface area contributed by atoms with Crippen molar-refractivity contribution in [2.75, 3.05) is 27.3 Å². The monoisotopic (exact) mass is 401 g/mol. The van der Waals surface area contributed by atoms with Crippen LogP contribution in [0.3, 0.4) is 0 Å². The Morgan fingerprint density at radius 3 is 2.76 bits per heavy atom. The second-order valence-corrected chi connectivity index (χ2v) is 7.39. The van der Waals surface area contributed by atoms with Gasteiger partial charge in [0.15, 0.2) is 17.3 Å². The molecule has 2 heterocycles. The molecule has 0 aliphatic carbocycles. The topological polar surface area (TPSA) is 81.5 Å². The number of methoxy groups -OCH3 is 2. The molecule has 1 atom stereocenters. The number of benzene rings is 1. The lowest BCUT2D eigenvalue weighted by molar-refractivity contribution is -0.124. The number of carbonyl (C=O) groups is 1. The third kappa shape index (κ3) is 4.87. The van der Waals surface area contributed by atoms with Gasteiger partial charge in [-0.15, -0.1) is 10.2 Å². The van der Waals surface area contributed by atoms with E-state index in [9.17, 15) is 4.79 Å². The zero-order chi connectivity index (χ0) is 20.8. The number of nitrogens with one attached hydrogen (secondary N) is 1. The third-order valence-corrected chi connectivity index (χ3v) is 5.55. The molecule has 1 aromatic carbocycles. The molecule has 2 aromatic rings. The smallest absolute Gasteiger partial charge is 0.223 e. The van der Waals surface area contributed by atoms with Crippen molar-refractivity contribution in [2.24, 2.45) is 5.92 Å². The van der Waals surface area contributed by atoms with Crippen LogP contribution in [-0.4, -0.2) is 52.9 Å². The number of ether oxygens (including phenoxy) is 2. The zero-order valence-electron chi connectivity index (χ0n) is 17.8. The Labute approximate surface area is 172 Å². The average Bonchev–Trinajstić information content (AvgIpc) is 3.03. The molecule has 1 aromatic heterocycles. The Morgan fingerprint density at radius 1 is 1.21 bits per heavy atom. The van der Waals surface area contributed by atoms with Crippen molar-refractivity contribution in [1.29, 1.82) is 0 Å². The van der Waals surface area contributed by atoms with Crippen molar-refractivity contribution < 1.29 is 14.3 Å². The van der Waals surface area contributed by atoms with Crippen molar-refractivity contribution in [3.8, 4) is 11.5 Å². The first-order valence-electron chi connectivity index (χ1n) is 10.2. The van der Waals surface area contributed by atoms with Gasteiger partial charge in [-0.25, -0.2) is 0 Å². The number of nitrogens with zero attached hydrogens (tertiary/aromatic N) is 4. The summed E-state index contributed by atoms with van der Waals surface area (Å²) < 4.78 is 13.1. The van der Waals surface area contributed by atoms with E-state index in [1.807, 2.05) is 26.0 Å². The summed E-state index contributed by atoms with van der Waals surface area (Å²) in [6, 6.07) is 5.97. The molecular weight excluding hydrogens is 370 g/mol. The summed E-state index contributed by atoms with van der Waals surface area (Å²) in [7, 11) is 3.33. The van der Waals surface area contributed by atoms with E-state index in [2.05, 4.69) is 31.0 Å². The van der Waals surface area contributed by atoms with Crippen LogP contribution in [0, 0.1) is 5.92 Å². The predicted octanol–water partition coefficient (Wildman–Crippen LogP) is 2.02. The van der Waals surface area contributed by atoms with Gasteiger partial charge in [0.1, 0.15) is 5.82 Å². The van der Waals surface area contributed by atoms with Gasteiger partial charge in [-0.05, 0) is 12.5 Å². The van der Waals surface area contributed by atoms with Crippen molar-refractivity contribution in [1.82, 2.24) is 25.0 Å². The number of hydrogen-bond donors (Lipinski definition) is 1. The Bertz CT molecular complexity index is 836. The first-order chi connectivity index (χ1) is 14.1. The first-order valence-corrected chi connectivity index (χ1v) is 10.2. The molecule has 1 aliphatic heterocycles. The number of carbonyl (C=O) groups excluding carboxylic acids is 1. The number of para-hydroxylation sites is 1. The summed E-state index contributed by atoms with van der Waals surface area (Å²) in [4.78, 5) is 14.5. The molecule has 8 heteroatoms. The van der Waals surface area contributed by atoms with Crippen LogP contribution < -0.4 is 14.8 Å². The fraction of sp³-hybridized carbons (Fsp3) is 0.571. The Balaban J connectivity index is 1.64. The van der Waals surface area contributed by atoms with Crippen LogP contribution in [0.1, 0.15) is 37.5 Å². The van der Waals surface area contributed by atoms with E-state index in [0.29, 0.717) is 6.54 Å². The standard InChI is InChI=1S/C21H31N5O3/c1-5-15(2)21(27)22-13-19-24-23-18-9-10-25(11-12-26(18)19)14-16-7-6-8-17(28-3)20(16)29-4/h6-8,15H,5,9-14H2,1-4H3,(H,22,27). The molecule has 1 unspecified atom stereocenters. The second kappa shape index (κ2) is 9.73. The molecule has 0 saturated carbocycles. The minimum Gasteiger partial charge on any atom is -0.493 e. The largest absolute Gasteiger partial charge is 0.493 e. The number of aromatic nitrogens is 3. The lowest BCUT2D eigenvalue weighted by Gasteiger charge is -2.21. The summed E-state index contributed by atoms with van der Waals surface area (Å²) >= 11 is 0. The van der Waals surface area contributed by atoms with Crippen LogP contribution in [0.2, 0.25) is 0 Å².